The molecule has 3 aromatic rings. The molecule has 6 nitrogen and oxygen atoms in total. The number of ether oxygens (including phenoxy) is 1. The van der Waals surface area contributed by atoms with E-state index in [9.17, 15) is 13.2 Å². The second-order valence-electron chi connectivity index (χ2n) is 5.25. The van der Waals surface area contributed by atoms with Crippen LogP contribution in [0.25, 0.3) is 17.2 Å². The van der Waals surface area contributed by atoms with Crippen LogP contribution in [0.15, 0.2) is 36.5 Å². The van der Waals surface area contributed by atoms with E-state index in [0.29, 0.717) is 17.0 Å². The van der Waals surface area contributed by atoms with E-state index in [-0.39, 0.29) is 17.5 Å². The van der Waals surface area contributed by atoms with Crippen molar-refractivity contribution in [3.05, 3.63) is 48.0 Å². The smallest absolute Gasteiger partial charge is 0.450 e. The van der Waals surface area contributed by atoms with Gasteiger partial charge in [-0.15, -0.1) is 0 Å². The molecule has 0 saturated carbocycles. The second kappa shape index (κ2) is 6.08. The molecule has 0 aliphatic carbocycles. The van der Waals surface area contributed by atoms with E-state index in [1.165, 1.54) is 19.4 Å². The molecule has 0 atom stereocenters. The van der Waals surface area contributed by atoms with Crippen molar-refractivity contribution in [2.24, 2.45) is 0 Å². The van der Waals surface area contributed by atoms with Crippen LogP contribution in [0.4, 0.5) is 19.0 Å². The molecule has 2 heterocycles. The van der Waals surface area contributed by atoms with Gasteiger partial charge in [0, 0.05) is 23.5 Å². The number of benzene rings is 1. The number of para-hydroxylation sites is 1. The number of nitrogen functional groups attached to an aromatic ring is 1. The van der Waals surface area contributed by atoms with Crippen molar-refractivity contribution in [3.8, 4) is 23.0 Å². The topological polar surface area (TPSA) is 78.9 Å². The number of nitrogens with zero attached hydrogens (tertiary/aromatic N) is 4. The Labute approximate surface area is 141 Å². The van der Waals surface area contributed by atoms with E-state index in [0.717, 1.165) is 4.57 Å². The van der Waals surface area contributed by atoms with E-state index in [1.807, 2.05) is 0 Å². The molecule has 1 aromatic carbocycles. The predicted molar refractivity (Wildman–Crippen MR) is 85.3 cm³/mol. The molecule has 2 N–H and O–H groups in total. The highest BCUT2D eigenvalue weighted by Crippen LogP contribution is 2.35. The van der Waals surface area contributed by atoms with Crippen molar-refractivity contribution >= 4 is 5.82 Å². The molecule has 0 spiro atoms. The van der Waals surface area contributed by atoms with Gasteiger partial charge in [-0.05, 0) is 19.1 Å². The zero-order valence-electron chi connectivity index (χ0n) is 13.4. The first kappa shape index (κ1) is 16.7. The van der Waals surface area contributed by atoms with Gasteiger partial charge < -0.3 is 10.5 Å². The Morgan fingerprint density at radius 2 is 1.84 bits per heavy atom. The summed E-state index contributed by atoms with van der Waals surface area (Å²) in [5.41, 5.74) is 6.60. The Morgan fingerprint density at radius 1 is 1.12 bits per heavy atom. The van der Waals surface area contributed by atoms with Gasteiger partial charge in [0.1, 0.15) is 11.6 Å². The average molecular weight is 349 g/mol. The van der Waals surface area contributed by atoms with Gasteiger partial charge in [0.15, 0.2) is 0 Å². The predicted octanol–water partition coefficient (Wildman–Crippen LogP) is 3.25. The number of aryl methyl sites for hydroxylation is 1. The summed E-state index contributed by atoms with van der Waals surface area (Å²) in [6.07, 6.45) is -3.48. The Kier molecular flexibility index (Phi) is 4.07. The molecule has 2 aromatic heterocycles. The van der Waals surface area contributed by atoms with E-state index < -0.39 is 12.0 Å². The fourth-order valence-electron chi connectivity index (χ4n) is 2.40. The van der Waals surface area contributed by atoms with Crippen molar-refractivity contribution in [3.63, 3.8) is 0 Å². The number of rotatable bonds is 3. The summed E-state index contributed by atoms with van der Waals surface area (Å²) in [6, 6.07) is 8.13. The van der Waals surface area contributed by atoms with Crippen LogP contribution in [0, 0.1) is 6.92 Å². The van der Waals surface area contributed by atoms with Gasteiger partial charge in [-0.1, -0.05) is 12.1 Å². The number of aromatic nitrogens is 4. The van der Waals surface area contributed by atoms with Crippen molar-refractivity contribution < 1.29 is 17.9 Å². The van der Waals surface area contributed by atoms with Crippen LogP contribution in [0.2, 0.25) is 0 Å². The molecule has 9 heteroatoms. The Bertz CT molecular complexity index is 900. The number of hydrogen-bond acceptors (Lipinski definition) is 5. The van der Waals surface area contributed by atoms with Gasteiger partial charge in [0.25, 0.3) is 0 Å². The van der Waals surface area contributed by atoms with E-state index in [2.05, 4.69) is 15.0 Å². The first-order chi connectivity index (χ1) is 11.8. The van der Waals surface area contributed by atoms with Gasteiger partial charge in [-0.25, -0.2) is 9.97 Å². The third-order valence-electron chi connectivity index (χ3n) is 3.42. The molecule has 3 rings (SSSR count). The summed E-state index contributed by atoms with van der Waals surface area (Å²) in [7, 11) is 1.44. The van der Waals surface area contributed by atoms with Gasteiger partial charge in [0.05, 0.1) is 12.8 Å². The highest BCUT2D eigenvalue weighted by Gasteiger charge is 2.38. The lowest BCUT2D eigenvalue weighted by Gasteiger charge is -2.09. The molecule has 0 radical (unpaired) electrons. The number of hydrogen-bond donors (Lipinski definition) is 1. The first-order valence-electron chi connectivity index (χ1n) is 7.21. The van der Waals surface area contributed by atoms with E-state index >= 15 is 0 Å². The molecule has 0 unspecified atom stereocenters. The SMILES string of the molecule is COc1ccccc1-c1cn(-c2nc(C)cc(N)n2)c(C(F)(F)F)n1. The fourth-order valence-corrected chi connectivity index (χ4v) is 2.40. The molecular weight excluding hydrogens is 335 g/mol. The van der Waals surface area contributed by atoms with Crippen molar-refractivity contribution in [2.45, 2.75) is 13.1 Å². The molecular formula is C16H14F3N5O. The standard InChI is InChI=1S/C16H14F3N5O/c1-9-7-13(20)23-15(21-9)24-8-11(22-14(24)16(17,18)19)10-5-3-4-6-12(10)25-2/h3-8H,1-2H3,(H2,20,21,23). The number of methoxy groups -OCH3 is 1. The van der Waals surface area contributed by atoms with Gasteiger partial charge >= 0.3 is 6.18 Å². The summed E-state index contributed by atoms with van der Waals surface area (Å²) < 4.78 is 46.3. The summed E-state index contributed by atoms with van der Waals surface area (Å²) in [5, 5.41) is 0. The number of imidazole rings is 1. The van der Waals surface area contributed by atoms with Gasteiger partial charge in [0.2, 0.25) is 11.8 Å². The number of alkyl halides is 3. The van der Waals surface area contributed by atoms with Gasteiger partial charge in [-0.3, -0.25) is 4.57 Å². The summed E-state index contributed by atoms with van der Waals surface area (Å²) in [6.45, 7) is 1.62. The Hall–Kier alpha value is -3.10. The number of anilines is 1. The van der Waals surface area contributed by atoms with Crippen molar-refractivity contribution in [1.29, 1.82) is 0 Å². The minimum absolute atomic E-state index is 0.0724. The Balaban J connectivity index is 2.23. The maximum atomic E-state index is 13.4. The zero-order valence-corrected chi connectivity index (χ0v) is 13.4. The first-order valence-corrected chi connectivity index (χ1v) is 7.21. The summed E-state index contributed by atoms with van der Waals surface area (Å²) in [5.74, 6) is -0.856. The molecule has 0 aliphatic heterocycles. The van der Waals surface area contributed by atoms with Crippen LogP contribution >= 0.6 is 0 Å². The second-order valence-corrected chi connectivity index (χ2v) is 5.25. The minimum atomic E-state index is -4.69. The quantitative estimate of drug-likeness (QED) is 0.785. The van der Waals surface area contributed by atoms with Crippen LogP contribution in [0.5, 0.6) is 5.75 Å². The van der Waals surface area contributed by atoms with Crippen LogP contribution in [-0.2, 0) is 6.18 Å². The zero-order chi connectivity index (χ0) is 18.2. The van der Waals surface area contributed by atoms with E-state index in [1.54, 1.807) is 31.2 Å². The van der Waals surface area contributed by atoms with Crippen molar-refractivity contribution in [1.82, 2.24) is 19.5 Å². The Morgan fingerprint density at radius 3 is 2.48 bits per heavy atom. The van der Waals surface area contributed by atoms with Crippen molar-refractivity contribution in [2.75, 3.05) is 12.8 Å². The van der Waals surface area contributed by atoms with Crippen LogP contribution in [0.3, 0.4) is 0 Å². The highest BCUT2D eigenvalue weighted by atomic mass is 19.4. The molecule has 0 saturated heterocycles. The maximum Gasteiger partial charge on any atom is 0.450 e. The van der Waals surface area contributed by atoms with Crippen LogP contribution in [0.1, 0.15) is 11.5 Å². The third-order valence-corrected chi connectivity index (χ3v) is 3.42. The third kappa shape index (κ3) is 3.25. The summed E-state index contributed by atoms with van der Waals surface area (Å²) in [4.78, 5) is 11.6. The normalized spacial score (nSPS) is 11.6. The lowest BCUT2D eigenvalue weighted by molar-refractivity contribution is -0.146. The molecule has 25 heavy (non-hydrogen) atoms. The van der Waals surface area contributed by atoms with Crippen LogP contribution in [-0.4, -0.2) is 26.6 Å². The molecule has 130 valence electrons. The maximum absolute atomic E-state index is 13.4. The number of nitrogens with two attached hydrogens (primary N) is 1. The van der Waals surface area contributed by atoms with Crippen LogP contribution < -0.4 is 10.5 Å². The van der Waals surface area contributed by atoms with E-state index in [4.69, 9.17) is 10.5 Å². The lowest BCUT2D eigenvalue weighted by atomic mass is 10.1. The van der Waals surface area contributed by atoms with Gasteiger partial charge in [-0.2, -0.15) is 18.2 Å². The fraction of sp³-hybridized carbons (Fsp3) is 0.188. The molecule has 0 bridgehead atoms. The number of halogens is 3. The molecule has 0 fully saturated rings. The molecule has 0 aliphatic rings. The monoisotopic (exact) mass is 349 g/mol. The summed E-state index contributed by atoms with van der Waals surface area (Å²) >= 11 is 0. The average Bonchev–Trinajstić information content (AvgIpc) is 2.99. The highest BCUT2D eigenvalue weighted by molar-refractivity contribution is 5.67. The lowest BCUT2D eigenvalue weighted by Crippen LogP contribution is -2.16. The minimum Gasteiger partial charge on any atom is -0.496 e. The molecule has 0 amide bonds. The largest absolute Gasteiger partial charge is 0.496 e.